The molecule has 0 saturated heterocycles. The number of aliphatic hydroxyl groups is 3. The molecule has 0 aromatic rings. The molecule has 1 aliphatic rings. The summed E-state index contributed by atoms with van der Waals surface area (Å²) in [5.74, 6) is -0.521. The Kier molecular flexibility index (Phi) is 14.9. The predicted molar refractivity (Wildman–Crippen MR) is 104 cm³/mol. The SMILES string of the molecule is C[C@@](O)(/C=C/[C@H]1CC=CC(=O)O1)[C@@H](C[C@@H](O)CCCCCCCO)OP(=O)([O-])O.[Na+]. The minimum atomic E-state index is -5.16. The Hall–Kier alpha value is -0.0600. The van der Waals surface area contributed by atoms with Gasteiger partial charge >= 0.3 is 35.5 Å². The number of aliphatic hydroxyl groups excluding tert-OH is 2. The molecule has 0 aromatic carbocycles. The van der Waals surface area contributed by atoms with E-state index < -0.39 is 37.7 Å². The smallest absolute Gasteiger partial charge is 0.756 e. The summed E-state index contributed by atoms with van der Waals surface area (Å²) in [7, 11) is -5.16. The van der Waals surface area contributed by atoms with Crippen LogP contribution in [0.1, 0.15) is 58.3 Å². The number of cyclic esters (lactones) is 1. The maximum absolute atomic E-state index is 11.3. The first-order chi connectivity index (χ1) is 13.5. The second-order valence-electron chi connectivity index (χ2n) is 7.43. The van der Waals surface area contributed by atoms with Crippen LogP contribution in [0.3, 0.4) is 0 Å². The Balaban J connectivity index is 0.00000841. The van der Waals surface area contributed by atoms with Crippen molar-refractivity contribution in [3.63, 3.8) is 0 Å². The molecule has 9 nitrogen and oxygen atoms in total. The van der Waals surface area contributed by atoms with Gasteiger partial charge in [0, 0.05) is 25.5 Å². The number of unbranched alkanes of at least 4 members (excludes halogenated alkanes) is 4. The van der Waals surface area contributed by atoms with Crippen LogP contribution >= 0.6 is 7.82 Å². The van der Waals surface area contributed by atoms with Gasteiger partial charge in [0.25, 0.3) is 7.82 Å². The molecule has 1 aliphatic heterocycles. The van der Waals surface area contributed by atoms with E-state index >= 15 is 0 Å². The van der Waals surface area contributed by atoms with E-state index in [1.54, 1.807) is 6.08 Å². The summed E-state index contributed by atoms with van der Waals surface area (Å²) in [5.41, 5.74) is -1.85. The molecule has 0 aliphatic carbocycles. The standard InChI is InChI=1S/C19H33O9P.Na/c1-19(23,12-11-16-9-7-10-18(22)27-16)17(28-29(24,25)26)14-15(21)8-5-3-2-4-6-13-20;/h7,10-12,15-17,20-21,23H,2-6,8-9,13-14H2,1H3,(H2,24,25,26);/q;+1/p-1/b12-11+;/t15-,16+,17+,19+;/m0./s1. The van der Waals surface area contributed by atoms with E-state index in [1.165, 1.54) is 25.2 Å². The van der Waals surface area contributed by atoms with Crippen molar-refractivity contribution in [1.82, 2.24) is 0 Å². The van der Waals surface area contributed by atoms with E-state index in [2.05, 4.69) is 4.52 Å². The maximum atomic E-state index is 11.3. The van der Waals surface area contributed by atoms with Crippen molar-refractivity contribution in [2.24, 2.45) is 0 Å². The second kappa shape index (κ2) is 14.9. The second-order valence-corrected chi connectivity index (χ2v) is 8.58. The Morgan fingerprint density at radius 3 is 2.60 bits per heavy atom. The van der Waals surface area contributed by atoms with Gasteiger partial charge in [-0.2, -0.15) is 0 Å². The number of ether oxygens (including phenoxy) is 1. The summed E-state index contributed by atoms with van der Waals surface area (Å²) >= 11 is 0. The van der Waals surface area contributed by atoms with Crippen molar-refractivity contribution in [3.05, 3.63) is 24.3 Å². The third-order valence-electron chi connectivity index (χ3n) is 4.63. The number of hydrogen-bond acceptors (Lipinski definition) is 8. The van der Waals surface area contributed by atoms with Crippen LogP contribution in [0.15, 0.2) is 24.3 Å². The third-order valence-corrected chi connectivity index (χ3v) is 5.15. The molecule has 5 atom stereocenters. The van der Waals surface area contributed by atoms with Gasteiger partial charge in [-0.05, 0) is 25.8 Å². The van der Waals surface area contributed by atoms with Crippen molar-refractivity contribution < 1.29 is 73.3 Å². The van der Waals surface area contributed by atoms with Gasteiger partial charge in [0.05, 0.1) is 6.10 Å². The number of phosphoric ester groups is 1. The molecule has 0 radical (unpaired) electrons. The molecule has 0 aromatic heterocycles. The Morgan fingerprint density at radius 1 is 1.37 bits per heavy atom. The van der Waals surface area contributed by atoms with Crippen LogP contribution in [-0.2, 0) is 18.6 Å². The van der Waals surface area contributed by atoms with Crippen LogP contribution in [0.4, 0.5) is 0 Å². The first-order valence-electron chi connectivity index (χ1n) is 9.83. The maximum Gasteiger partial charge on any atom is 1.00 e. The molecule has 0 bridgehead atoms. The van der Waals surface area contributed by atoms with E-state index in [0.717, 1.165) is 25.7 Å². The molecular formula is C19H32NaO9P. The molecule has 1 rings (SSSR count). The van der Waals surface area contributed by atoms with Gasteiger partial charge in [-0.3, -0.25) is 4.57 Å². The summed E-state index contributed by atoms with van der Waals surface area (Å²) in [4.78, 5) is 31.6. The summed E-state index contributed by atoms with van der Waals surface area (Å²) in [6.07, 6.45) is 7.21. The van der Waals surface area contributed by atoms with Gasteiger partial charge in [-0.1, -0.05) is 37.8 Å². The normalized spacial score (nSPS) is 22.6. The van der Waals surface area contributed by atoms with Crippen LogP contribution in [0.2, 0.25) is 0 Å². The van der Waals surface area contributed by atoms with E-state index in [-0.39, 0.29) is 42.6 Å². The summed E-state index contributed by atoms with van der Waals surface area (Å²) in [6, 6.07) is 0. The molecule has 4 N–H and O–H groups in total. The molecule has 1 unspecified atom stereocenters. The number of carbonyl (C=O) groups is 1. The zero-order valence-corrected chi connectivity index (χ0v) is 20.6. The molecule has 0 fully saturated rings. The first-order valence-corrected chi connectivity index (χ1v) is 11.3. The molecular weight excluding hydrogens is 426 g/mol. The van der Waals surface area contributed by atoms with Gasteiger partial charge in [-0.15, -0.1) is 0 Å². The molecule has 11 heteroatoms. The van der Waals surface area contributed by atoms with Crippen molar-refractivity contribution in [1.29, 1.82) is 0 Å². The first kappa shape index (κ1) is 29.9. The fraction of sp³-hybridized carbons (Fsp3) is 0.737. The van der Waals surface area contributed by atoms with Crippen molar-refractivity contribution >= 4 is 13.8 Å². The van der Waals surface area contributed by atoms with E-state index in [9.17, 15) is 24.5 Å². The van der Waals surface area contributed by atoms with Crippen molar-refractivity contribution in [2.75, 3.05) is 6.61 Å². The Labute approximate surface area is 199 Å². The minimum Gasteiger partial charge on any atom is -0.756 e. The van der Waals surface area contributed by atoms with Gasteiger partial charge < -0.3 is 34.4 Å². The van der Waals surface area contributed by atoms with Crippen LogP contribution in [0, 0.1) is 0 Å². The Morgan fingerprint density at radius 2 is 2.00 bits per heavy atom. The molecule has 30 heavy (non-hydrogen) atoms. The summed E-state index contributed by atoms with van der Waals surface area (Å²) in [5, 5.41) is 29.6. The van der Waals surface area contributed by atoms with Crippen LogP contribution in [0.25, 0.3) is 0 Å². The van der Waals surface area contributed by atoms with E-state index in [1.807, 2.05) is 0 Å². The third kappa shape index (κ3) is 13.4. The average Bonchev–Trinajstić information content (AvgIpc) is 2.61. The number of carbonyl (C=O) groups excluding carboxylic acids is 1. The quantitative estimate of drug-likeness (QED) is 0.0767. The van der Waals surface area contributed by atoms with Gasteiger partial charge in [0.1, 0.15) is 17.8 Å². The van der Waals surface area contributed by atoms with Crippen LogP contribution in [0.5, 0.6) is 0 Å². The predicted octanol–water partition coefficient (Wildman–Crippen LogP) is -1.90. The molecule has 0 amide bonds. The zero-order chi connectivity index (χ0) is 21.9. The van der Waals surface area contributed by atoms with Gasteiger partial charge in [-0.25, -0.2) is 4.79 Å². The average molecular weight is 458 g/mol. The topological polar surface area (TPSA) is 157 Å². The molecule has 168 valence electrons. The molecule has 1 heterocycles. The number of esters is 1. The fourth-order valence-corrected chi connectivity index (χ4v) is 3.62. The largest absolute Gasteiger partial charge is 1.00 e. The van der Waals surface area contributed by atoms with Crippen molar-refractivity contribution in [2.45, 2.75) is 82.2 Å². The van der Waals surface area contributed by atoms with Crippen molar-refractivity contribution in [3.8, 4) is 0 Å². The van der Waals surface area contributed by atoms with Crippen LogP contribution < -0.4 is 34.5 Å². The number of hydrogen-bond donors (Lipinski definition) is 4. The minimum absolute atomic E-state index is 0. The number of rotatable bonds is 14. The van der Waals surface area contributed by atoms with E-state index in [0.29, 0.717) is 19.3 Å². The Bertz CT molecular complexity index is 603. The zero-order valence-electron chi connectivity index (χ0n) is 17.7. The molecule has 0 saturated carbocycles. The number of phosphoric acid groups is 1. The summed E-state index contributed by atoms with van der Waals surface area (Å²) < 4.78 is 20.9. The monoisotopic (exact) mass is 458 g/mol. The van der Waals surface area contributed by atoms with Gasteiger partial charge in [0.15, 0.2) is 0 Å². The molecule has 0 spiro atoms. The van der Waals surface area contributed by atoms with E-state index in [4.69, 9.17) is 14.7 Å². The fourth-order valence-electron chi connectivity index (χ4n) is 3.00. The van der Waals surface area contributed by atoms with Crippen LogP contribution in [-0.4, -0.2) is 56.7 Å². The summed E-state index contributed by atoms with van der Waals surface area (Å²) in [6.45, 7) is 1.43. The van der Waals surface area contributed by atoms with Gasteiger partial charge in [0.2, 0.25) is 0 Å².